The second-order valence-corrected chi connectivity index (χ2v) is 9.99. The maximum atomic E-state index is 12.5. The highest BCUT2D eigenvalue weighted by Gasteiger charge is 2.42. The first-order valence-electron chi connectivity index (χ1n) is 12.2. The molecule has 3 N–H and O–H groups in total. The third-order valence-corrected chi connectivity index (χ3v) is 5.47. The number of carboxylic acid groups (broad SMARTS) is 1. The molecule has 0 saturated carbocycles. The smallest absolute Gasteiger partial charge is 0.306 e. The van der Waals surface area contributed by atoms with Crippen LogP contribution in [0.1, 0.15) is 103 Å². The molecule has 0 amide bonds. The minimum Gasteiger partial charge on any atom is -0.513 e. The third-order valence-electron chi connectivity index (χ3n) is 5.47. The molecule has 0 aromatic rings. The monoisotopic (exact) mass is 442 g/mol. The van der Waals surface area contributed by atoms with Gasteiger partial charge in [0.25, 0.3) is 0 Å². The molecule has 182 valence electrons. The highest BCUT2D eigenvalue weighted by Crippen LogP contribution is 2.20. The number of carbonyl (C=O) groups is 2. The lowest BCUT2D eigenvalue weighted by Crippen LogP contribution is -2.54. The molecule has 1 unspecified atom stereocenters. The number of carbonyl (C=O) groups excluding carboxylic acids is 1. The topological polar surface area (TPSA) is 94.8 Å². The molecule has 0 aliphatic heterocycles. The van der Waals surface area contributed by atoms with Gasteiger partial charge in [0.05, 0.1) is 33.3 Å². The Labute approximate surface area is 189 Å². The number of hydrogen-bond donors (Lipinski definition) is 3. The van der Waals surface area contributed by atoms with Crippen molar-refractivity contribution < 1.29 is 29.4 Å². The van der Waals surface area contributed by atoms with Crippen molar-refractivity contribution in [3.05, 3.63) is 11.8 Å². The zero-order chi connectivity index (χ0) is 23.8. The Balaban J connectivity index is 3.89. The molecule has 0 aliphatic rings. The van der Waals surface area contributed by atoms with Crippen molar-refractivity contribution in [2.75, 3.05) is 27.7 Å². The summed E-state index contributed by atoms with van der Waals surface area (Å²) in [5.74, 6) is -0.969. The number of likely N-dealkylation sites (N-methyl/N-ethyl adjacent to an activating group) is 1. The number of ketones is 1. The standard InChI is InChI=1S/C25H47NO5/c1-5-6-7-14-17-22(27)18-15-12-10-8-9-11-13-16-19-23(28)25(31,20-24(29)30)21-26(2,3)4/h17,31H,5-16,18-21H2,1-4H3,(H-,27,29,30)/p+1. The van der Waals surface area contributed by atoms with E-state index >= 15 is 0 Å². The number of quaternary nitrogens is 1. The fraction of sp³-hybridized carbons (Fsp3) is 0.840. The summed E-state index contributed by atoms with van der Waals surface area (Å²) in [6, 6.07) is 0. The molecule has 0 aliphatic carbocycles. The molecule has 6 heteroatoms. The summed E-state index contributed by atoms with van der Waals surface area (Å²) in [5.41, 5.74) is -1.79. The Kier molecular flexibility index (Phi) is 15.5. The fourth-order valence-corrected chi connectivity index (χ4v) is 3.93. The highest BCUT2D eigenvalue weighted by molar-refractivity contribution is 5.90. The predicted molar refractivity (Wildman–Crippen MR) is 126 cm³/mol. The van der Waals surface area contributed by atoms with Gasteiger partial charge in [-0.3, -0.25) is 9.59 Å². The van der Waals surface area contributed by atoms with Crippen molar-refractivity contribution in [1.82, 2.24) is 0 Å². The van der Waals surface area contributed by atoms with E-state index in [0.29, 0.717) is 16.7 Å². The summed E-state index contributed by atoms with van der Waals surface area (Å²) < 4.78 is 0.335. The molecular weight excluding hydrogens is 394 g/mol. The van der Waals surface area contributed by atoms with Gasteiger partial charge in [-0.2, -0.15) is 0 Å². The molecule has 0 aromatic heterocycles. The van der Waals surface area contributed by atoms with E-state index < -0.39 is 18.0 Å². The number of hydrogen-bond acceptors (Lipinski definition) is 4. The Morgan fingerprint density at radius 2 is 1.32 bits per heavy atom. The van der Waals surface area contributed by atoms with Crippen molar-refractivity contribution in [3.8, 4) is 0 Å². The maximum absolute atomic E-state index is 12.5. The van der Waals surface area contributed by atoms with E-state index in [-0.39, 0.29) is 18.7 Å². The van der Waals surface area contributed by atoms with Crippen LogP contribution in [0.25, 0.3) is 0 Å². The summed E-state index contributed by atoms with van der Waals surface area (Å²) in [5, 5.41) is 29.6. The summed E-state index contributed by atoms with van der Waals surface area (Å²) in [6.07, 6.45) is 15.2. The van der Waals surface area contributed by atoms with Crippen LogP contribution < -0.4 is 0 Å². The van der Waals surface area contributed by atoms with Crippen molar-refractivity contribution in [2.24, 2.45) is 0 Å². The minimum atomic E-state index is -1.79. The molecule has 0 heterocycles. The lowest BCUT2D eigenvalue weighted by atomic mass is 9.89. The molecule has 0 radical (unpaired) electrons. The zero-order valence-corrected chi connectivity index (χ0v) is 20.5. The molecular formula is C25H48NO5+. The van der Waals surface area contributed by atoms with E-state index in [0.717, 1.165) is 64.2 Å². The number of aliphatic hydroxyl groups is 2. The first-order chi connectivity index (χ1) is 14.5. The van der Waals surface area contributed by atoms with Gasteiger partial charge in [-0.1, -0.05) is 58.3 Å². The van der Waals surface area contributed by atoms with Crippen molar-refractivity contribution in [1.29, 1.82) is 0 Å². The Hall–Kier alpha value is -1.40. The van der Waals surface area contributed by atoms with E-state index in [4.69, 9.17) is 5.11 Å². The second-order valence-electron chi connectivity index (χ2n) is 9.99. The molecule has 1 atom stereocenters. The predicted octanol–water partition coefficient (Wildman–Crippen LogP) is 5.39. The van der Waals surface area contributed by atoms with Crippen molar-refractivity contribution in [3.63, 3.8) is 0 Å². The molecule has 0 fully saturated rings. The molecule has 31 heavy (non-hydrogen) atoms. The number of allylic oxidation sites excluding steroid dienone is 2. The van der Waals surface area contributed by atoms with Crippen LogP contribution in [0.2, 0.25) is 0 Å². The summed E-state index contributed by atoms with van der Waals surface area (Å²) >= 11 is 0. The minimum absolute atomic E-state index is 0.0988. The van der Waals surface area contributed by atoms with Crippen LogP contribution in [0.3, 0.4) is 0 Å². The van der Waals surface area contributed by atoms with Gasteiger partial charge in [-0.15, -0.1) is 0 Å². The number of aliphatic carboxylic acids is 1. The van der Waals surface area contributed by atoms with E-state index in [1.165, 1.54) is 12.8 Å². The van der Waals surface area contributed by atoms with E-state index in [9.17, 15) is 19.8 Å². The summed E-state index contributed by atoms with van der Waals surface area (Å²) in [6.45, 7) is 2.28. The lowest BCUT2D eigenvalue weighted by Gasteiger charge is -2.33. The SMILES string of the molecule is CCCCCC=C(O)CCCCCCCCCCC(=O)C(O)(CC(=O)O)C[N+](C)(C)C. The number of nitrogens with zero attached hydrogens (tertiary/aromatic N) is 1. The van der Waals surface area contributed by atoms with Gasteiger partial charge in [0.15, 0.2) is 11.4 Å². The van der Waals surface area contributed by atoms with Crippen molar-refractivity contribution in [2.45, 2.75) is 109 Å². The van der Waals surface area contributed by atoms with E-state index in [2.05, 4.69) is 6.92 Å². The average Bonchev–Trinajstić information content (AvgIpc) is 2.64. The molecule has 0 spiro atoms. The third kappa shape index (κ3) is 16.9. The van der Waals surface area contributed by atoms with Gasteiger partial charge in [-0.25, -0.2) is 0 Å². The number of carboxylic acids is 1. The maximum Gasteiger partial charge on any atom is 0.306 e. The Morgan fingerprint density at radius 1 is 0.806 bits per heavy atom. The van der Waals surface area contributed by atoms with Gasteiger partial charge in [0, 0.05) is 12.8 Å². The number of Topliss-reactive ketones (excluding diaryl/α,β-unsaturated/α-hetero) is 1. The van der Waals surface area contributed by atoms with Crippen LogP contribution in [0.5, 0.6) is 0 Å². The van der Waals surface area contributed by atoms with Crippen molar-refractivity contribution >= 4 is 11.8 Å². The molecule has 0 rings (SSSR count). The first kappa shape index (κ1) is 29.6. The van der Waals surface area contributed by atoms with E-state index in [1.807, 2.05) is 27.2 Å². The highest BCUT2D eigenvalue weighted by atomic mass is 16.4. The molecule has 0 bridgehead atoms. The van der Waals surface area contributed by atoms with Gasteiger partial charge < -0.3 is 19.8 Å². The van der Waals surface area contributed by atoms with Crippen LogP contribution in [-0.2, 0) is 9.59 Å². The summed E-state index contributed by atoms with van der Waals surface area (Å²) in [7, 11) is 5.52. The number of aliphatic hydroxyl groups excluding tert-OH is 1. The number of rotatable bonds is 20. The van der Waals surface area contributed by atoms with Crippen LogP contribution in [0, 0.1) is 0 Å². The summed E-state index contributed by atoms with van der Waals surface area (Å²) in [4.78, 5) is 23.6. The Bertz CT molecular complexity index is 539. The molecule has 0 saturated heterocycles. The quantitative estimate of drug-likeness (QED) is 0.133. The van der Waals surface area contributed by atoms with Crippen LogP contribution >= 0.6 is 0 Å². The Morgan fingerprint density at radius 3 is 1.81 bits per heavy atom. The van der Waals surface area contributed by atoms with Crippen LogP contribution in [0.4, 0.5) is 0 Å². The second kappa shape index (κ2) is 16.3. The van der Waals surface area contributed by atoms with Gasteiger partial charge in [0.1, 0.15) is 6.54 Å². The first-order valence-corrected chi connectivity index (χ1v) is 12.2. The van der Waals surface area contributed by atoms with Gasteiger partial charge in [-0.05, 0) is 31.8 Å². The van der Waals surface area contributed by atoms with Gasteiger partial charge in [0.2, 0.25) is 0 Å². The normalized spacial score (nSPS) is 14.4. The van der Waals surface area contributed by atoms with Crippen LogP contribution in [0.15, 0.2) is 11.8 Å². The molecule has 6 nitrogen and oxygen atoms in total. The average molecular weight is 443 g/mol. The van der Waals surface area contributed by atoms with E-state index in [1.54, 1.807) is 0 Å². The number of unbranched alkanes of at least 4 members (excludes halogenated alkanes) is 10. The van der Waals surface area contributed by atoms with Crippen LogP contribution in [-0.4, -0.2) is 64.8 Å². The lowest BCUT2D eigenvalue weighted by molar-refractivity contribution is -0.875. The largest absolute Gasteiger partial charge is 0.513 e. The zero-order valence-electron chi connectivity index (χ0n) is 20.5. The van der Waals surface area contributed by atoms with Gasteiger partial charge >= 0.3 is 5.97 Å². The molecule has 0 aromatic carbocycles. The fourth-order valence-electron chi connectivity index (χ4n) is 3.93.